The van der Waals surface area contributed by atoms with Gasteiger partial charge in [-0.2, -0.15) is 0 Å². The fourth-order valence-corrected chi connectivity index (χ4v) is 3.47. The Morgan fingerprint density at radius 3 is 2.78 bits per heavy atom. The highest BCUT2D eigenvalue weighted by molar-refractivity contribution is 5.86. The monoisotopic (exact) mass is 332 g/mol. The van der Waals surface area contributed by atoms with E-state index >= 15 is 0 Å². The summed E-state index contributed by atoms with van der Waals surface area (Å²) < 4.78 is 16.9. The topological polar surface area (TPSA) is 56.2 Å². The Bertz CT molecular complexity index is 917. The van der Waals surface area contributed by atoms with Gasteiger partial charge in [0.1, 0.15) is 28.7 Å². The van der Waals surface area contributed by atoms with Crippen LogP contribution in [0.15, 0.2) is 18.3 Å². The predicted octanol–water partition coefficient (Wildman–Crippen LogP) is 3.64. The van der Waals surface area contributed by atoms with E-state index in [2.05, 4.69) is 9.97 Å². The van der Waals surface area contributed by atoms with Crippen molar-refractivity contribution in [3.8, 4) is 11.3 Å². The van der Waals surface area contributed by atoms with Crippen LogP contribution < -0.4 is 5.73 Å². The van der Waals surface area contributed by atoms with Crippen LogP contribution in [0.1, 0.15) is 29.1 Å². The number of fused-ring (bicyclic) bond motifs is 2. The zero-order chi connectivity index (χ0) is 15.4. The predicted molar refractivity (Wildman–Crippen MR) is 91.5 cm³/mol. The van der Waals surface area contributed by atoms with Crippen LogP contribution in [0.3, 0.4) is 0 Å². The van der Waals surface area contributed by atoms with Crippen LogP contribution in [-0.4, -0.2) is 14.4 Å². The number of aryl methyl sites for hydroxylation is 3. The lowest BCUT2D eigenvalue weighted by Crippen LogP contribution is -2.01. The molecule has 23 heavy (non-hydrogen) atoms. The number of benzene rings is 1. The number of nitrogens with zero attached hydrogens (tertiary/aromatic N) is 3. The number of nitrogen functional groups attached to an aromatic ring is 1. The number of hydrogen-bond donors (Lipinski definition) is 1. The number of imidazole rings is 1. The molecule has 0 amide bonds. The molecule has 0 aliphatic heterocycles. The molecule has 1 aliphatic carbocycles. The molecule has 1 aliphatic rings. The van der Waals surface area contributed by atoms with Crippen LogP contribution in [0.25, 0.3) is 16.8 Å². The van der Waals surface area contributed by atoms with Gasteiger partial charge in [0.25, 0.3) is 0 Å². The fraction of sp³-hybridized carbons (Fsp3) is 0.294. The molecule has 0 bridgehead atoms. The minimum absolute atomic E-state index is 0. The second-order valence-electron chi connectivity index (χ2n) is 5.89. The maximum absolute atomic E-state index is 14.9. The molecule has 0 atom stereocenters. The van der Waals surface area contributed by atoms with Crippen LogP contribution in [0.5, 0.6) is 0 Å². The Morgan fingerprint density at radius 2 is 2.00 bits per heavy atom. The molecular formula is C17H18ClFN4. The molecule has 0 saturated carbocycles. The third-order valence-electron chi connectivity index (χ3n) is 4.50. The molecule has 4 nitrogen and oxygen atoms in total. The van der Waals surface area contributed by atoms with Crippen LogP contribution in [0, 0.1) is 19.7 Å². The summed E-state index contributed by atoms with van der Waals surface area (Å²) >= 11 is 0. The quantitative estimate of drug-likeness (QED) is 0.740. The van der Waals surface area contributed by atoms with Gasteiger partial charge in [-0.1, -0.05) is 6.07 Å². The van der Waals surface area contributed by atoms with Gasteiger partial charge in [-0.25, -0.2) is 14.4 Å². The second-order valence-corrected chi connectivity index (χ2v) is 5.89. The van der Waals surface area contributed by atoms with Crippen LogP contribution in [0.2, 0.25) is 0 Å². The molecule has 0 fully saturated rings. The van der Waals surface area contributed by atoms with E-state index in [9.17, 15) is 4.39 Å². The highest BCUT2D eigenvalue weighted by atomic mass is 35.5. The van der Waals surface area contributed by atoms with E-state index in [1.165, 1.54) is 0 Å². The Labute approximate surface area is 140 Å². The summed E-state index contributed by atoms with van der Waals surface area (Å²) in [5.74, 6) is 1.01. The summed E-state index contributed by atoms with van der Waals surface area (Å²) in [6.07, 6.45) is 4.48. The fourth-order valence-electron chi connectivity index (χ4n) is 3.47. The third kappa shape index (κ3) is 2.18. The van der Waals surface area contributed by atoms with Gasteiger partial charge < -0.3 is 5.73 Å². The number of rotatable bonds is 1. The van der Waals surface area contributed by atoms with E-state index in [-0.39, 0.29) is 18.2 Å². The first-order valence-corrected chi connectivity index (χ1v) is 7.48. The molecular weight excluding hydrogens is 315 g/mol. The van der Waals surface area contributed by atoms with Crippen molar-refractivity contribution in [1.82, 2.24) is 14.4 Å². The summed E-state index contributed by atoms with van der Waals surface area (Å²) in [6, 6.07) is 3.84. The van der Waals surface area contributed by atoms with E-state index in [0.717, 1.165) is 41.9 Å². The average molecular weight is 333 g/mol. The first kappa shape index (κ1) is 15.7. The van der Waals surface area contributed by atoms with Crippen molar-refractivity contribution in [3.63, 3.8) is 0 Å². The zero-order valence-electron chi connectivity index (χ0n) is 13.1. The molecule has 2 N–H and O–H groups in total. The standard InChI is InChI=1S/C17H17FN4.ClH/c1-9-8-20-17(19)16-15(21-10(2)22(9)16)13-7-6-11-4-3-5-12(11)14(13)18;/h6-8H,3-5H2,1-2H3,(H2,19,20);1H. The molecule has 4 rings (SSSR count). The Kier molecular flexibility index (Phi) is 3.76. The first-order chi connectivity index (χ1) is 10.6. The Balaban J connectivity index is 0.00000156. The normalized spacial score (nSPS) is 13.2. The molecule has 2 aromatic heterocycles. The average Bonchev–Trinajstić information content (AvgIpc) is 3.09. The van der Waals surface area contributed by atoms with E-state index in [4.69, 9.17) is 5.73 Å². The van der Waals surface area contributed by atoms with Gasteiger partial charge in [0, 0.05) is 17.5 Å². The summed E-state index contributed by atoms with van der Waals surface area (Å²) in [5, 5.41) is 0. The smallest absolute Gasteiger partial charge is 0.150 e. The van der Waals surface area contributed by atoms with Crippen LogP contribution in [-0.2, 0) is 12.8 Å². The molecule has 120 valence electrons. The SMILES string of the molecule is Cc1cnc(N)c2c(-c3ccc4c(c3F)CCC4)nc(C)n12.Cl. The van der Waals surface area contributed by atoms with Crippen molar-refractivity contribution in [2.45, 2.75) is 33.1 Å². The highest BCUT2D eigenvalue weighted by Crippen LogP contribution is 2.35. The van der Waals surface area contributed by atoms with Crippen molar-refractivity contribution >= 4 is 23.7 Å². The first-order valence-electron chi connectivity index (χ1n) is 7.48. The lowest BCUT2D eigenvalue weighted by atomic mass is 10.0. The summed E-state index contributed by atoms with van der Waals surface area (Å²) in [7, 11) is 0. The minimum atomic E-state index is -0.157. The van der Waals surface area contributed by atoms with Crippen LogP contribution in [0.4, 0.5) is 10.2 Å². The van der Waals surface area contributed by atoms with Gasteiger partial charge in [0.2, 0.25) is 0 Å². The highest BCUT2D eigenvalue weighted by Gasteiger charge is 2.23. The number of anilines is 1. The van der Waals surface area contributed by atoms with E-state index < -0.39 is 0 Å². The molecule has 2 heterocycles. The van der Waals surface area contributed by atoms with Gasteiger partial charge in [-0.15, -0.1) is 12.4 Å². The number of aromatic nitrogens is 3. The molecule has 0 radical (unpaired) electrons. The molecule has 0 spiro atoms. The van der Waals surface area contributed by atoms with Crippen molar-refractivity contribution < 1.29 is 4.39 Å². The van der Waals surface area contributed by atoms with Crippen molar-refractivity contribution in [3.05, 3.63) is 46.8 Å². The number of halogens is 2. The molecule has 6 heteroatoms. The van der Waals surface area contributed by atoms with Crippen molar-refractivity contribution in [1.29, 1.82) is 0 Å². The van der Waals surface area contributed by atoms with Gasteiger partial charge in [0.15, 0.2) is 0 Å². The molecule has 0 unspecified atom stereocenters. The van der Waals surface area contributed by atoms with Crippen LogP contribution >= 0.6 is 12.4 Å². The van der Waals surface area contributed by atoms with E-state index in [1.54, 1.807) is 6.20 Å². The minimum Gasteiger partial charge on any atom is -0.382 e. The summed E-state index contributed by atoms with van der Waals surface area (Å²) in [4.78, 5) is 8.77. The molecule has 1 aromatic carbocycles. The summed E-state index contributed by atoms with van der Waals surface area (Å²) in [6.45, 7) is 3.84. The Morgan fingerprint density at radius 1 is 1.22 bits per heavy atom. The van der Waals surface area contributed by atoms with Gasteiger partial charge in [-0.3, -0.25) is 4.40 Å². The second kappa shape index (κ2) is 5.49. The maximum atomic E-state index is 14.9. The van der Waals surface area contributed by atoms with Gasteiger partial charge in [0.05, 0.1) is 0 Å². The van der Waals surface area contributed by atoms with E-state index in [0.29, 0.717) is 22.6 Å². The maximum Gasteiger partial charge on any atom is 0.150 e. The van der Waals surface area contributed by atoms with Crippen molar-refractivity contribution in [2.75, 3.05) is 5.73 Å². The lowest BCUT2D eigenvalue weighted by Gasteiger charge is -2.08. The van der Waals surface area contributed by atoms with Crippen molar-refractivity contribution in [2.24, 2.45) is 0 Å². The summed E-state index contributed by atoms with van der Waals surface area (Å²) in [5.41, 5.74) is 10.7. The van der Waals surface area contributed by atoms with E-state index in [1.807, 2.05) is 30.4 Å². The third-order valence-corrected chi connectivity index (χ3v) is 4.50. The largest absolute Gasteiger partial charge is 0.382 e. The molecule has 3 aromatic rings. The lowest BCUT2D eigenvalue weighted by molar-refractivity contribution is 0.616. The zero-order valence-corrected chi connectivity index (χ0v) is 13.9. The number of nitrogens with two attached hydrogens (primary N) is 1. The number of hydrogen-bond acceptors (Lipinski definition) is 3. The van der Waals surface area contributed by atoms with Gasteiger partial charge >= 0.3 is 0 Å². The molecule has 0 saturated heterocycles. The van der Waals surface area contributed by atoms with Gasteiger partial charge in [-0.05, 0) is 50.3 Å². The Hall–Kier alpha value is -2.14.